The molecule has 0 atom stereocenters. The Kier molecular flexibility index (Phi) is 5.10. The first-order valence-corrected chi connectivity index (χ1v) is 8.79. The van der Waals surface area contributed by atoms with Gasteiger partial charge in [0.25, 0.3) is 0 Å². The SMILES string of the molecule is CCCCc1noc(CSc2cc(C(N)=O)c3ccccc3n2)n1. The van der Waals surface area contributed by atoms with Crippen molar-refractivity contribution in [2.75, 3.05) is 0 Å². The standard InChI is InChI=1S/C17H18N4O2S/c1-2-3-8-14-20-15(23-21-14)10-24-16-9-12(17(18)22)11-6-4-5-7-13(11)19-16/h4-7,9H,2-3,8,10H2,1H3,(H2,18,22). The molecule has 2 heterocycles. The van der Waals surface area contributed by atoms with Crippen molar-refractivity contribution >= 4 is 28.6 Å². The number of carbonyl (C=O) groups is 1. The predicted octanol–water partition coefficient (Wildman–Crippen LogP) is 3.35. The summed E-state index contributed by atoms with van der Waals surface area (Å²) in [4.78, 5) is 20.6. The molecule has 0 aliphatic carbocycles. The average molecular weight is 342 g/mol. The summed E-state index contributed by atoms with van der Waals surface area (Å²) in [5.74, 6) is 1.33. The third-order valence-electron chi connectivity index (χ3n) is 3.57. The van der Waals surface area contributed by atoms with Crippen LogP contribution >= 0.6 is 11.8 Å². The molecular formula is C17H18N4O2S. The molecule has 6 nitrogen and oxygen atoms in total. The highest BCUT2D eigenvalue weighted by molar-refractivity contribution is 7.98. The van der Waals surface area contributed by atoms with Crippen molar-refractivity contribution in [3.8, 4) is 0 Å². The highest BCUT2D eigenvalue weighted by Crippen LogP contribution is 2.26. The van der Waals surface area contributed by atoms with Crippen molar-refractivity contribution < 1.29 is 9.32 Å². The Bertz CT molecular complexity index is 863. The van der Waals surface area contributed by atoms with E-state index in [1.807, 2.05) is 24.3 Å². The van der Waals surface area contributed by atoms with Crippen molar-refractivity contribution in [2.45, 2.75) is 37.0 Å². The number of nitrogens with zero attached hydrogens (tertiary/aromatic N) is 3. The molecule has 1 aromatic carbocycles. The summed E-state index contributed by atoms with van der Waals surface area (Å²) < 4.78 is 5.25. The number of thioether (sulfide) groups is 1. The lowest BCUT2D eigenvalue weighted by Crippen LogP contribution is -2.12. The Morgan fingerprint density at radius 1 is 1.29 bits per heavy atom. The zero-order chi connectivity index (χ0) is 16.9. The number of nitrogens with two attached hydrogens (primary N) is 1. The molecule has 24 heavy (non-hydrogen) atoms. The number of primary amides is 1. The summed E-state index contributed by atoms with van der Waals surface area (Å²) in [6.45, 7) is 2.12. The molecule has 3 rings (SSSR count). The average Bonchev–Trinajstić information content (AvgIpc) is 3.05. The lowest BCUT2D eigenvalue weighted by molar-refractivity contribution is 0.100. The van der Waals surface area contributed by atoms with E-state index in [-0.39, 0.29) is 0 Å². The summed E-state index contributed by atoms with van der Waals surface area (Å²) in [5, 5.41) is 5.43. The Morgan fingerprint density at radius 2 is 2.12 bits per heavy atom. The van der Waals surface area contributed by atoms with Gasteiger partial charge in [0.1, 0.15) is 0 Å². The number of hydrogen-bond acceptors (Lipinski definition) is 6. The molecule has 0 saturated heterocycles. The molecule has 1 amide bonds. The fourth-order valence-electron chi connectivity index (χ4n) is 2.35. The van der Waals surface area contributed by atoms with Gasteiger partial charge in [0.15, 0.2) is 5.82 Å². The quantitative estimate of drug-likeness (QED) is 0.662. The van der Waals surface area contributed by atoms with Gasteiger partial charge in [-0.2, -0.15) is 4.98 Å². The van der Waals surface area contributed by atoms with E-state index in [9.17, 15) is 4.79 Å². The number of para-hydroxylation sites is 1. The van der Waals surface area contributed by atoms with Crippen LogP contribution < -0.4 is 5.73 Å². The first-order valence-electron chi connectivity index (χ1n) is 7.81. The smallest absolute Gasteiger partial charge is 0.249 e. The van der Waals surface area contributed by atoms with Crippen LogP contribution in [0.15, 0.2) is 39.9 Å². The van der Waals surface area contributed by atoms with Crippen LogP contribution in [0.5, 0.6) is 0 Å². The second-order valence-electron chi connectivity index (χ2n) is 5.39. The van der Waals surface area contributed by atoms with Crippen LogP contribution in [0.4, 0.5) is 0 Å². The van der Waals surface area contributed by atoms with Gasteiger partial charge in [-0.25, -0.2) is 4.98 Å². The van der Waals surface area contributed by atoms with Gasteiger partial charge in [-0.15, -0.1) is 0 Å². The second-order valence-corrected chi connectivity index (χ2v) is 6.38. The van der Waals surface area contributed by atoms with Crippen molar-refractivity contribution in [3.63, 3.8) is 0 Å². The number of carbonyl (C=O) groups excluding carboxylic acids is 1. The Hall–Kier alpha value is -2.41. The van der Waals surface area contributed by atoms with Crippen LogP contribution in [-0.4, -0.2) is 21.0 Å². The molecule has 0 radical (unpaired) electrons. The normalized spacial score (nSPS) is 11.0. The molecule has 2 N–H and O–H groups in total. The lowest BCUT2D eigenvalue weighted by Gasteiger charge is -2.06. The van der Waals surface area contributed by atoms with Crippen LogP contribution in [-0.2, 0) is 12.2 Å². The Labute approximate surface area is 143 Å². The fraction of sp³-hybridized carbons (Fsp3) is 0.294. The van der Waals surface area contributed by atoms with Crippen LogP contribution in [0.2, 0.25) is 0 Å². The van der Waals surface area contributed by atoms with Gasteiger partial charge in [-0.1, -0.05) is 48.5 Å². The lowest BCUT2D eigenvalue weighted by atomic mass is 10.1. The van der Waals surface area contributed by atoms with Crippen molar-refractivity contribution in [3.05, 3.63) is 47.6 Å². The molecule has 2 aromatic heterocycles. The summed E-state index contributed by atoms with van der Waals surface area (Å²) >= 11 is 1.44. The molecule has 0 aliphatic heterocycles. The van der Waals surface area contributed by atoms with E-state index < -0.39 is 5.91 Å². The number of rotatable bonds is 7. The number of aryl methyl sites for hydroxylation is 1. The van der Waals surface area contributed by atoms with Crippen LogP contribution in [0.25, 0.3) is 10.9 Å². The number of amides is 1. The van der Waals surface area contributed by atoms with Gasteiger partial charge in [-0.3, -0.25) is 4.79 Å². The van der Waals surface area contributed by atoms with Crippen molar-refractivity contribution in [1.82, 2.24) is 15.1 Å². The van der Waals surface area contributed by atoms with E-state index >= 15 is 0 Å². The first kappa shape index (κ1) is 16.4. The van der Waals surface area contributed by atoms with E-state index in [0.717, 1.165) is 36.0 Å². The van der Waals surface area contributed by atoms with E-state index in [1.165, 1.54) is 11.8 Å². The largest absolute Gasteiger partial charge is 0.366 e. The van der Waals surface area contributed by atoms with Crippen LogP contribution in [0.1, 0.15) is 41.8 Å². The van der Waals surface area contributed by atoms with Crippen molar-refractivity contribution in [2.24, 2.45) is 5.73 Å². The number of unbranched alkanes of at least 4 members (excludes halogenated alkanes) is 1. The zero-order valence-corrected chi connectivity index (χ0v) is 14.2. The monoisotopic (exact) mass is 342 g/mol. The molecule has 7 heteroatoms. The molecule has 3 aromatic rings. The molecule has 0 saturated carbocycles. The van der Waals surface area contributed by atoms with E-state index in [2.05, 4.69) is 22.0 Å². The molecule has 0 fully saturated rings. The second kappa shape index (κ2) is 7.44. The molecule has 0 bridgehead atoms. The van der Waals surface area contributed by atoms with Gasteiger partial charge in [0.05, 0.1) is 21.9 Å². The summed E-state index contributed by atoms with van der Waals surface area (Å²) in [7, 11) is 0. The topological polar surface area (TPSA) is 94.9 Å². The fourth-order valence-corrected chi connectivity index (χ4v) is 3.10. The molecule has 124 valence electrons. The highest BCUT2D eigenvalue weighted by atomic mass is 32.2. The minimum atomic E-state index is -0.463. The minimum Gasteiger partial charge on any atom is -0.366 e. The van der Waals surface area contributed by atoms with Gasteiger partial charge in [-0.05, 0) is 18.6 Å². The molecule has 0 aliphatic rings. The molecule has 0 unspecified atom stereocenters. The number of fused-ring (bicyclic) bond motifs is 1. The Balaban J connectivity index is 1.77. The van der Waals surface area contributed by atoms with Gasteiger partial charge < -0.3 is 10.3 Å². The van der Waals surface area contributed by atoms with E-state index in [4.69, 9.17) is 10.3 Å². The maximum atomic E-state index is 11.7. The summed E-state index contributed by atoms with van der Waals surface area (Å²) in [5.41, 5.74) is 6.70. The van der Waals surface area contributed by atoms with Gasteiger partial charge in [0, 0.05) is 11.8 Å². The van der Waals surface area contributed by atoms with Crippen molar-refractivity contribution in [1.29, 1.82) is 0 Å². The first-order chi connectivity index (χ1) is 11.7. The maximum absolute atomic E-state index is 11.7. The predicted molar refractivity (Wildman–Crippen MR) is 92.7 cm³/mol. The van der Waals surface area contributed by atoms with Gasteiger partial charge >= 0.3 is 0 Å². The zero-order valence-electron chi connectivity index (χ0n) is 13.4. The molecule has 0 spiro atoms. The summed E-state index contributed by atoms with van der Waals surface area (Å²) in [6, 6.07) is 9.16. The minimum absolute atomic E-state index is 0.463. The molecular weight excluding hydrogens is 324 g/mol. The third-order valence-corrected chi connectivity index (χ3v) is 4.46. The van der Waals surface area contributed by atoms with Crippen LogP contribution in [0, 0.1) is 0 Å². The summed E-state index contributed by atoms with van der Waals surface area (Å²) in [6.07, 6.45) is 2.96. The number of pyridine rings is 1. The van der Waals surface area contributed by atoms with Gasteiger partial charge in [0.2, 0.25) is 11.8 Å². The number of aromatic nitrogens is 3. The third kappa shape index (κ3) is 3.73. The van der Waals surface area contributed by atoms with E-state index in [1.54, 1.807) is 6.07 Å². The van der Waals surface area contributed by atoms with E-state index in [0.29, 0.717) is 22.2 Å². The maximum Gasteiger partial charge on any atom is 0.249 e. The number of hydrogen-bond donors (Lipinski definition) is 1. The highest BCUT2D eigenvalue weighted by Gasteiger charge is 2.12. The number of benzene rings is 1. The Morgan fingerprint density at radius 3 is 2.92 bits per heavy atom. The van der Waals surface area contributed by atoms with Crippen LogP contribution in [0.3, 0.4) is 0 Å².